The minimum atomic E-state index is -0.641. The highest BCUT2D eigenvalue weighted by Gasteiger charge is 2.35. The summed E-state index contributed by atoms with van der Waals surface area (Å²) in [5, 5.41) is 16.1. The van der Waals surface area contributed by atoms with Gasteiger partial charge >= 0.3 is 0 Å². The summed E-state index contributed by atoms with van der Waals surface area (Å²) in [5.74, 6) is -0.0410. The van der Waals surface area contributed by atoms with Crippen LogP contribution in [0.1, 0.15) is 93.1 Å². The van der Waals surface area contributed by atoms with Crippen molar-refractivity contribution in [1.82, 2.24) is 25.3 Å². The van der Waals surface area contributed by atoms with E-state index in [1.807, 2.05) is 13.8 Å². The average molecular weight is 673 g/mol. The predicted octanol–water partition coefficient (Wildman–Crippen LogP) is 4.92. The molecule has 2 saturated heterocycles. The fourth-order valence-corrected chi connectivity index (χ4v) is 5.53. The lowest BCUT2D eigenvalue weighted by Gasteiger charge is -2.30. The van der Waals surface area contributed by atoms with Gasteiger partial charge in [-0.15, -0.1) is 0 Å². The summed E-state index contributed by atoms with van der Waals surface area (Å²) in [6.45, 7) is 19.7. The van der Waals surface area contributed by atoms with Crippen LogP contribution in [0.25, 0.3) is 0 Å². The zero-order valence-electron chi connectivity index (χ0n) is 30.7. The second-order valence-corrected chi connectivity index (χ2v) is 13.8. The van der Waals surface area contributed by atoms with E-state index in [1.165, 1.54) is 54.3 Å². The molecule has 1 aromatic carbocycles. The van der Waals surface area contributed by atoms with Gasteiger partial charge in [-0.3, -0.25) is 29.3 Å². The molecule has 0 aliphatic carbocycles. The Bertz CT molecular complexity index is 1210. The summed E-state index contributed by atoms with van der Waals surface area (Å²) in [7, 11) is 1.62. The summed E-state index contributed by atoms with van der Waals surface area (Å²) in [4.78, 5) is 65.0. The Morgan fingerprint density at radius 3 is 2.17 bits per heavy atom. The van der Waals surface area contributed by atoms with Gasteiger partial charge in [0.05, 0.1) is 17.5 Å². The van der Waals surface area contributed by atoms with Gasteiger partial charge in [0.25, 0.3) is 5.69 Å². The van der Waals surface area contributed by atoms with Crippen LogP contribution in [-0.4, -0.2) is 95.1 Å². The number of nitrogens with zero attached hydrogens (tertiary/aromatic N) is 4. The number of nitro groups is 1. The van der Waals surface area contributed by atoms with Crippen LogP contribution < -0.4 is 10.6 Å². The molecule has 0 bridgehead atoms. The van der Waals surface area contributed by atoms with E-state index in [2.05, 4.69) is 50.2 Å². The lowest BCUT2D eigenvalue weighted by atomic mass is 9.99. The fourth-order valence-electron chi connectivity index (χ4n) is 5.53. The van der Waals surface area contributed by atoms with Crippen molar-refractivity contribution in [2.75, 3.05) is 33.2 Å². The first-order chi connectivity index (χ1) is 22.6. The quantitative estimate of drug-likeness (QED) is 0.139. The molecule has 0 spiro atoms. The molecule has 3 rings (SSSR count). The normalized spacial score (nSPS) is 17.1. The number of likely N-dealkylation sites (tertiary alicyclic amines) is 2. The van der Waals surface area contributed by atoms with E-state index in [0.717, 1.165) is 12.0 Å². The molecule has 1 aromatic rings. The molecule has 2 aliphatic rings. The van der Waals surface area contributed by atoms with E-state index >= 15 is 0 Å². The molecule has 2 heterocycles. The number of nitro benzene ring substituents is 1. The largest absolute Gasteiger partial charge is 0.350 e. The maximum absolute atomic E-state index is 13.2. The minimum Gasteiger partial charge on any atom is -0.350 e. The molecule has 12 heteroatoms. The lowest BCUT2D eigenvalue weighted by Crippen LogP contribution is -2.47. The summed E-state index contributed by atoms with van der Waals surface area (Å²) in [5.41, 5.74) is 0.960. The van der Waals surface area contributed by atoms with Crippen molar-refractivity contribution < 1.29 is 24.1 Å². The highest BCUT2D eigenvalue weighted by molar-refractivity contribution is 5.97. The molecule has 12 nitrogen and oxygen atoms in total. The molecule has 48 heavy (non-hydrogen) atoms. The van der Waals surface area contributed by atoms with Crippen molar-refractivity contribution in [3.05, 3.63) is 51.6 Å². The Morgan fingerprint density at radius 2 is 1.65 bits per heavy atom. The maximum atomic E-state index is 13.2. The Hall–Kier alpha value is -3.80. The van der Waals surface area contributed by atoms with Crippen LogP contribution >= 0.6 is 0 Å². The molecule has 0 aromatic heterocycles. The van der Waals surface area contributed by atoms with Gasteiger partial charge in [0.2, 0.25) is 24.1 Å². The minimum absolute atomic E-state index is 0.00975. The van der Waals surface area contributed by atoms with E-state index < -0.39 is 11.0 Å². The molecular formula is C36H60N6O6. The summed E-state index contributed by atoms with van der Waals surface area (Å²) >= 11 is 0. The van der Waals surface area contributed by atoms with Crippen molar-refractivity contribution in [3.8, 4) is 0 Å². The topological polar surface area (TPSA) is 145 Å². The Morgan fingerprint density at radius 1 is 1.02 bits per heavy atom. The third kappa shape index (κ3) is 15.0. The second-order valence-electron chi connectivity index (χ2n) is 13.8. The number of piperidine rings is 1. The molecule has 2 N–H and O–H groups in total. The fraction of sp³-hybridized carbons (Fsp3) is 0.667. The molecule has 0 saturated carbocycles. The number of nitrogens with one attached hydrogen (secondary N) is 2. The average Bonchev–Trinajstić information content (AvgIpc) is 3.55. The number of amides is 4. The number of hydrogen-bond acceptors (Lipinski definition) is 7. The molecule has 2 aliphatic heterocycles. The third-order valence-corrected chi connectivity index (χ3v) is 8.14. The number of non-ortho nitro benzene ring substituents is 1. The maximum Gasteiger partial charge on any atom is 0.269 e. The van der Waals surface area contributed by atoms with Crippen LogP contribution in [0.2, 0.25) is 0 Å². The van der Waals surface area contributed by atoms with Crippen molar-refractivity contribution in [2.45, 2.75) is 112 Å². The second kappa shape index (κ2) is 22.0. The Labute approximate surface area is 287 Å². The highest BCUT2D eigenvalue weighted by atomic mass is 16.6. The number of carbonyl (C=O) groups excluding carboxylic acids is 4. The van der Waals surface area contributed by atoms with Crippen LogP contribution in [0.5, 0.6) is 0 Å². The van der Waals surface area contributed by atoms with Crippen molar-refractivity contribution >= 4 is 29.8 Å². The molecule has 4 amide bonds. The summed E-state index contributed by atoms with van der Waals surface area (Å²) in [6.07, 6.45) is 7.65. The molecular weight excluding hydrogens is 612 g/mol. The first kappa shape index (κ1) is 42.2. The zero-order chi connectivity index (χ0) is 36.4. The number of carbonyl (C=O) groups is 4. The van der Waals surface area contributed by atoms with E-state index in [-0.39, 0.29) is 48.5 Å². The van der Waals surface area contributed by atoms with Crippen LogP contribution in [0, 0.1) is 22.0 Å². The summed E-state index contributed by atoms with van der Waals surface area (Å²) < 4.78 is 0. The molecule has 270 valence electrons. The third-order valence-electron chi connectivity index (χ3n) is 8.14. The van der Waals surface area contributed by atoms with Crippen molar-refractivity contribution in [3.63, 3.8) is 0 Å². The van der Waals surface area contributed by atoms with Crippen molar-refractivity contribution in [2.24, 2.45) is 11.8 Å². The Balaban J connectivity index is 0.000000736. The predicted molar refractivity (Wildman–Crippen MR) is 190 cm³/mol. The van der Waals surface area contributed by atoms with E-state index in [0.29, 0.717) is 36.9 Å². The van der Waals surface area contributed by atoms with Crippen LogP contribution in [0.15, 0.2) is 35.9 Å². The van der Waals surface area contributed by atoms with Gasteiger partial charge in [-0.2, -0.15) is 0 Å². The highest BCUT2D eigenvalue weighted by Crippen LogP contribution is 2.22. The van der Waals surface area contributed by atoms with E-state index in [1.54, 1.807) is 32.2 Å². The van der Waals surface area contributed by atoms with E-state index in [9.17, 15) is 29.3 Å². The van der Waals surface area contributed by atoms with Gasteiger partial charge in [-0.1, -0.05) is 59.2 Å². The molecule has 0 radical (unpaired) electrons. The number of rotatable bonds is 12. The van der Waals surface area contributed by atoms with Gasteiger partial charge in [-0.05, 0) is 76.9 Å². The van der Waals surface area contributed by atoms with Crippen LogP contribution in [0.4, 0.5) is 5.69 Å². The first-order valence-electron chi connectivity index (χ1n) is 17.3. The Kier molecular flexibility index (Phi) is 19.3. The van der Waals surface area contributed by atoms with Crippen LogP contribution in [-0.2, 0) is 25.7 Å². The smallest absolute Gasteiger partial charge is 0.269 e. The number of likely N-dealkylation sites (N-methyl/N-ethyl adjacent to an activating group) is 1. The summed E-state index contributed by atoms with van der Waals surface area (Å²) in [6, 6.07) is 5.78. The SMILES string of the molecule is C/C(=C\C(C(C)C)N(C)C(=O)CNC=O)C(=O)N1CCC[C@H]1C(=O)NCc1cccc([N+](=O)[O-])c1.CC(C)C.CC(C)N1CCCCC1. The number of hydrogen-bond donors (Lipinski definition) is 2. The van der Waals surface area contributed by atoms with Gasteiger partial charge in [-0.25, -0.2) is 0 Å². The molecule has 2 atom stereocenters. The lowest BCUT2D eigenvalue weighted by molar-refractivity contribution is -0.384. The molecule has 2 fully saturated rings. The van der Waals surface area contributed by atoms with E-state index in [4.69, 9.17) is 0 Å². The van der Waals surface area contributed by atoms with Gasteiger partial charge in [0, 0.05) is 43.9 Å². The monoisotopic (exact) mass is 672 g/mol. The standard InChI is InChI=1S/C24H33N5O6.C8H17N.C4H10/c1-16(2)21(27(4)22(31)14-25-15-30)11-17(3)24(33)28-10-6-9-20(28)23(32)26-13-18-7-5-8-19(12-18)29(34)35;1-8(2)9-6-4-3-5-7-9;1-4(2)3/h5,7-8,11-12,15-16,20-21H,6,9-10,13-14H2,1-4H3,(H,25,30)(H,26,32);8H,3-7H2,1-2H3;4H,1-3H3/b17-11+;;/t20-,21?;;/m0../s1. The van der Waals surface area contributed by atoms with Crippen molar-refractivity contribution in [1.29, 1.82) is 0 Å². The number of benzene rings is 1. The zero-order valence-corrected chi connectivity index (χ0v) is 30.7. The first-order valence-corrected chi connectivity index (χ1v) is 17.3. The van der Waals surface area contributed by atoms with Crippen LogP contribution in [0.3, 0.4) is 0 Å². The van der Waals surface area contributed by atoms with Gasteiger partial charge < -0.3 is 25.3 Å². The van der Waals surface area contributed by atoms with Gasteiger partial charge in [0.1, 0.15) is 6.04 Å². The van der Waals surface area contributed by atoms with Gasteiger partial charge in [0.15, 0.2) is 0 Å². The molecule has 1 unspecified atom stereocenters.